The zero-order valence-corrected chi connectivity index (χ0v) is 17.9. The molecule has 5 rings (SSSR count). The Bertz CT molecular complexity index is 1200. The van der Waals surface area contributed by atoms with Crippen molar-refractivity contribution < 1.29 is 0 Å². The smallest absolute Gasteiger partial charge is 0.266 e. The van der Waals surface area contributed by atoms with E-state index < -0.39 is 0 Å². The third-order valence-electron chi connectivity index (χ3n) is 6.62. The van der Waals surface area contributed by atoms with Gasteiger partial charge in [0.05, 0.1) is 22.9 Å². The molecule has 1 aliphatic carbocycles. The summed E-state index contributed by atoms with van der Waals surface area (Å²) in [4.78, 5) is 33.8. The molecule has 1 aliphatic heterocycles. The largest absolute Gasteiger partial charge is 0.369 e. The van der Waals surface area contributed by atoms with Crippen molar-refractivity contribution in [1.82, 2.24) is 24.2 Å². The van der Waals surface area contributed by atoms with Crippen molar-refractivity contribution in [1.29, 1.82) is 0 Å². The van der Waals surface area contributed by atoms with E-state index in [1.54, 1.807) is 19.4 Å². The van der Waals surface area contributed by atoms with E-state index in [9.17, 15) is 9.59 Å². The fourth-order valence-electron chi connectivity index (χ4n) is 4.79. The number of anilines is 1. The second-order valence-corrected chi connectivity index (χ2v) is 8.65. The van der Waals surface area contributed by atoms with Crippen LogP contribution in [0.15, 0.2) is 46.2 Å². The van der Waals surface area contributed by atoms with Crippen LogP contribution in [0.25, 0.3) is 10.9 Å². The normalized spacial score (nSPS) is 18.2. The third-order valence-corrected chi connectivity index (χ3v) is 6.62. The lowest BCUT2D eigenvalue weighted by molar-refractivity contribution is 0.245. The number of hydrogen-bond acceptors (Lipinski definition) is 6. The fourth-order valence-corrected chi connectivity index (χ4v) is 4.79. The first kappa shape index (κ1) is 19.9. The summed E-state index contributed by atoms with van der Waals surface area (Å²) >= 11 is 0. The molecule has 162 valence electrons. The van der Waals surface area contributed by atoms with Crippen LogP contribution in [0, 0.1) is 0 Å². The number of rotatable bonds is 4. The minimum Gasteiger partial charge on any atom is -0.369 e. The monoisotopic (exact) mass is 420 g/mol. The average Bonchev–Trinajstić information content (AvgIpc) is 3.31. The van der Waals surface area contributed by atoms with Crippen LogP contribution in [-0.4, -0.2) is 50.4 Å². The van der Waals surface area contributed by atoms with Gasteiger partial charge in [-0.25, -0.2) is 9.67 Å². The average molecular weight is 421 g/mol. The molecular weight excluding hydrogens is 392 g/mol. The molecule has 2 aromatic heterocycles. The number of aryl methyl sites for hydroxylation is 1. The van der Waals surface area contributed by atoms with Gasteiger partial charge in [0.1, 0.15) is 0 Å². The van der Waals surface area contributed by atoms with Crippen molar-refractivity contribution in [2.24, 2.45) is 7.05 Å². The highest BCUT2D eigenvalue weighted by Crippen LogP contribution is 2.28. The van der Waals surface area contributed by atoms with E-state index in [2.05, 4.69) is 25.9 Å². The maximum Gasteiger partial charge on any atom is 0.266 e. The van der Waals surface area contributed by atoms with Gasteiger partial charge in [-0.05, 0) is 37.1 Å². The SMILES string of the molecule is Cn1nc(CN2CCN(c3ccc4c(=O)n(C5CCCC5)cnc4c3)CC2)ccc1=O. The molecule has 0 atom stereocenters. The lowest BCUT2D eigenvalue weighted by Crippen LogP contribution is -2.46. The highest BCUT2D eigenvalue weighted by Gasteiger charge is 2.21. The molecule has 8 heteroatoms. The molecule has 2 fully saturated rings. The highest BCUT2D eigenvalue weighted by atomic mass is 16.1. The molecular formula is C23H28N6O2. The Hall–Kier alpha value is -3.00. The van der Waals surface area contributed by atoms with Gasteiger partial charge in [0, 0.05) is 57.6 Å². The van der Waals surface area contributed by atoms with E-state index in [1.165, 1.54) is 17.5 Å². The quantitative estimate of drug-likeness (QED) is 0.642. The summed E-state index contributed by atoms with van der Waals surface area (Å²) in [5.41, 5.74) is 2.78. The van der Waals surface area contributed by atoms with E-state index in [0.717, 1.165) is 62.5 Å². The maximum atomic E-state index is 12.9. The summed E-state index contributed by atoms with van der Waals surface area (Å²) in [6.07, 6.45) is 6.27. The van der Waals surface area contributed by atoms with Gasteiger partial charge in [-0.15, -0.1) is 0 Å². The Morgan fingerprint density at radius 2 is 1.77 bits per heavy atom. The lowest BCUT2D eigenvalue weighted by atomic mass is 10.1. The van der Waals surface area contributed by atoms with Crippen LogP contribution in [0.2, 0.25) is 0 Å². The van der Waals surface area contributed by atoms with Crippen molar-refractivity contribution in [2.75, 3.05) is 31.1 Å². The van der Waals surface area contributed by atoms with Crippen molar-refractivity contribution in [3.05, 3.63) is 63.1 Å². The van der Waals surface area contributed by atoms with Crippen LogP contribution >= 0.6 is 0 Å². The minimum atomic E-state index is -0.0894. The van der Waals surface area contributed by atoms with Crippen LogP contribution in [0.4, 0.5) is 5.69 Å². The van der Waals surface area contributed by atoms with Gasteiger partial charge >= 0.3 is 0 Å². The van der Waals surface area contributed by atoms with Crippen LogP contribution in [0.1, 0.15) is 37.4 Å². The van der Waals surface area contributed by atoms with Crippen LogP contribution in [-0.2, 0) is 13.6 Å². The number of piperazine rings is 1. The molecule has 0 radical (unpaired) electrons. The summed E-state index contributed by atoms with van der Waals surface area (Å²) in [7, 11) is 1.68. The number of aromatic nitrogens is 4. The van der Waals surface area contributed by atoms with E-state index >= 15 is 0 Å². The second-order valence-electron chi connectivity index (χ2n) is 8.65. The first-order valence-corrected chi connectivity index (χ1v) is 11.1. The van der Waals surface area contributed by atoms with Crippen molar-refractivity contribution >= 4 is 16.6 Å². The van der Waals surface area contributed by atoms with E-state index in [0.29, 0.717) is 11.4 Å². The van der Waals surface area contributed by atoms with Crippen LogP contribution < -0.4 is 16.0 Å². The van der Waals surface area contributed by atoms with Crippen molar-refractivity contribution in [3.63, 3.8) is 0 Å². The Labute approximate surface area is 180 Å². The predicted octanol–water partition coefficient (Wildman–Crippen LogP) is 1.93. The Balaban J connectivity index is 1.28. The molecule has 0 bridgehead atoms. The molecule has 3 heterocycles. The summed E-state index contributed by atoms with van der Waals surface area (Å²) in [5.74, 6) is 0. The molecule has 8 nitrogen and oxygen atoms in total. The molecule has 0 spiro atoms. The van der Waals surface area contributed by atoms with Gasteiger partial charge in [-0.2, -0.15) is 5.10 Å². The molecule has 1 saturated heterocycles. The Kier molecular flexibility index (Phi) is 5.31. The van der Waals surface area contributed by atoms with E-state index in [1.807, 2.05) is 22.8 Å². The first-order valence-electron chi connectivity index (χ1n) is 11.1. The summed E-state index contributed by atoms with van der Waals surface area (Å²) in [6.45, 7) is 4.37. The number of benzene rings is 1. The van der Waals surface area contributed by atoms with E-state index in [-0.39, 0.29) is 11.1 Å². The van der Waals surface area contributed by atoms with Gasteiger partial charge < -0.3 is 4.90 Å². The minimum absolute atomic E-state index is 0.0815. The zero-order chi connectivity index (χ0) is 21.4. The second kappa shape index (κ2) is 8.26. The van der Waals surface area contributed by atoms with Crippen LogP contribution in [0.3, 0.4) is 0 Å². The molecule has 0 unspecified atom stereocenters. The van der Waals surface area contributed by atoms with Crippen LogP contribution in [0.5, 0.6) is 0 Å². The molecule has 1 saturated carbocycles. The maximum absolute atomic E-state index is 12.9. The summed E-state index contributed by atoms with van der Waals surface area (Å²) < 4.78 is 3.22. The molecule has 3 aromatic rings. The molecule has 0 amide bonds. The van der Waals surface area contributed by atoms with Gasteiger partial charge in [0.2, 0.25) is 0 Å². The van der Waals surface area contributed by atoms with Gasteiger partial charge in [0.15, 0.2) is 0 Å². The topological polar surface area (TPSA) is 76.3 Å². The molecule has 1 aromatic carbocycles. The molecule has 2 aliphatic rings. The highest BCUT2D eigenvalue weighted by molar-refractivity contribution is 5.81. The van der Waals surface area contributed by atoms with Gasteiger partial charge in [-0.1, -0.05) is 12.8 Å². The number of nitrogens with zero attached hydrogens (tertiary/aromatic N) is 6. The first-order chi connectivity index (χ1) is 15.1. The van der Waals surface area contributed by atoms with Crippen molar-refractivity contribution in [3.8, 4) is 0 Å². The predicted molar refractivity (Wildman–Crippen MR) is 120 cm³/mol. The zero-order valence-electron chi connectivity index (χ0n) is 17.9. The number of hydrogen-bond donors (Lipinski definition) is 0. The van der Waals surface area contributed by atoms with E-state index in [4.69, 9.17) is 0 Å². The standard InChI is InChI=1S/C23H28N6O2/c1-26-22(30)9-6-17(25-26)15-27-10-12-28(13-11-27)19-7-8-20-21(14-19)24-16-29(23(20)31)18-4-2-3-5-18/h6-9,14,16,18H,2-5,10-13,15H2,1H3. The Morgan fingerprint density at radius 1 is 1.00 bits per heavy atom. The molecule has 0 N–H and O–H groups in total. The fraction of sp³-hybridized carbons (Fsp3) is 0.478. The van der Waals surface area contributed by atoms with Gasteiger partial charge in [0.25, 0.3) is 11.1 Å². The molecule has 31 heavy (non-hydrogen) atoms. The number of fused-ring (bicyclic) bond motifs is 1. The Morgan fingerprint density at radius 3 is 2.52 bits per heavy atom. The van der Waals surface area contributed by atoms with Crippen molar-refractivity contribution in [2.45, 2.75) is 38.3 Å². The summed E-state index contributed by atoms with van der Waals surface area (Å²) in [6, 6.07) is 9.71. The summed E-state index contributed by atoms with van der Waals surface area (Å²) in [5, 5.41) is 5.04. The third kappa shape index (κ3) is 3.99. The van der Waals surface area contributed by atoms with Gasteiger partial charge in [-0.3, -0.25) is 19.1 Å². The lowest BCUT2D eigenvalue weighted by Gasteiger charge is -2.36.